The van der Waals surface area contributed by atoms with Crippen LogP contribution in [0.3, 0.4) is 0 Å². The van der Waals surface area contributed by atoms with Crippen molar-refractivity contribution in [3.63, 3.8) is 0 Å². The van der Waals surface area contributed by atoms with E-state index in [-0.39, 0.29) is 16.1 Å². The smallest absolute Gasteiger partial charge is 0.254 e. The topological polar surface area (TPSA) is 46.9 Å². The summed E-state index contributed by atoms with van der Waals surface area (Å²) in [6, 6.07) is 0. The van der Waals surface area contributed by atoms with Gasteiger partial charge in [0.25, 0.3) is 5.91 Å². The van der Waals surface area contributed by atoms with Crippen LogP contribution < -0.4 is 5.32 Å². The van der Waals surface area contributed by atoms with E-state index >= 15 is 0 Å². The molecule has 5 heteroatoms. The number of hydrogen-bond donors (Lipinski definition) is 1. The quantitative estimate of drug-likeness (QED) is 0.844. The van der Waals surface area contributed by atoms with E-state index in [4.69, 9.17) is 0 Å². The molecule has 1 aromatic rings. The fourth-order valence-corrected chi connectivity index (χ4v) is 3.15. The van der Waals surface area contributed by atoms with Crippen molar-refractivity contribution in [2.45, 2.75) is 45.4 Å². The van der Waals surface area contributed by atoms with Gasteiger partial charge < -0.3 is 5.32 Å². The minimum absolute atomic E-state index is 0.0386. The van der Waals surface area contributed by atoms with Gasteiger partial charge in [0.05, 0.1) is 11.3 Å². The molecular formula is C14H24BrN3O. The molecule has 0 saturated carbocycles. The Morgan fingerprint density at radius 1 is 1.53 bits per heavy atom. The molecule has 1 heterocycles. The highest BCUT2D eigenvalue weighted by molar-refractivity contribution is 9.09. The van der Waals surface area contributed by atoms with E-state index < -0.39 is 0 Å². The number of rotatable bonds is 5. The maximum atomic E-state index is 12.1. The summed E-state index contributed by atoms with van der Waals surface area (Å²) in [5.41, 5.74) is 1.78. The van der Waals surface area contributed by atoms with Gasteiger partial charge in [0.15, 0.2) is 0 Å². The largest absolute Gasteiger partial charge is 0.351 e. The molecule has 1 aromatic heterocycles. The van der Waals surface area contributed by atoms with Crippen LogP contribution in [0.15, 0.2) is 6.20 Å². The van der Waals surface area contributed by atoms with Crippen LogP contribution in [0.2, 0.25) is 0 Å². The van der Waals surface area contributed by atoms with Crippen LogP contribution in [-0.4, -0.2) is 27.1 Å². The second-order valence-corrected chi connectivity index (χ2v) is 7.38. The number of carbonyl (C=O) groups is 1. The molecule has 0 fully saturated rings. The standard InChI is InChI=1S/C14H24BrN3O/c1-6-12-11(9-18(5)17-12)13(19)16-8-10(15)7-14(2,3)4/h9-10H,6-8H2,1-5H3,(H,16,19). The van der Waals surface area contributed by atoms with Crippen molar-refractivity contribution >= 4 is 21.8 Å². The highest BCUT2D eigenvalue weighted by Gasteiger charge is 2.19. The Hall–Kier alpha value is -0.840. The SMILES string of the molecule is CCc1nn(C)cc1C(=O)NCC(Br)CC(C)(C)C. The van der Waals surface area contributed by atoms with Gasteiger partial charge in [-0.3, -0.25) is 9.48 Å². The lowest BCUT2D eigenvalue weighted by Gasteiger charge is -2.22. The first-order valence-corrected chi connectivity index (χ1v) is 7.59. The highest BCUT2D eigenvalue weighted by Crippen LogP contribution is 2.24. The van der Waals surface area contributed by atoms with E-state index in [1.54, 1.807) is 10.9 Å². The van der Waals surface area contributed by atoms with Crippen LogP contribution in [0.25, 0.3) is 0 Å². The Balaban J connectivity index is 2.56. The Kier molecular flexibility index (Phi) is 5.59. The van der Waals surface area contributed by atoms with E-state index in [9.17, 15) is 4.79 Å². The third kappa shape index (κ3) is 5.35. The van der Waals surface area contributed by atoms with Crippen LogP contribution in [-0.2, 0) is 13.5 Å². The van der Waals surface area contributed by atoms with Gasteiger partial charge in [-0.15, -0.1) is 0 Å². The number of nitrogens with one attached hydrogen (secondary N) is 1. The highest BCUT2D eigenvalue weighted by atomic mass is 79.9. The molecule has 1 unspecified atom stereocenters. The first-order valence-electron chi connectivity index (χ1n) is 6.67. The zero-order chi connectivity index (χ0) is 14.6. The van der Waals surface area contributed by atoms with E-state index in [2.05, 4.69) is 47.1 Å². The molecule has 0 aliphatic carbocycles. The number of aryl methyl sites for hydroxylation is 2. The van der Waals surface area contributed by atoms with Gasteiger partial charge >= 0.3 is 0 Å². The fraction of sp³-hybridized carbons (Fsp3) is 0.714. The molecule has 0 aliphatic rings. The number of hydrogen-bond acceptors (Lipinski definition) is 2. The molecule has 108 valence electrons. The van der Waals surface area contributed by atoms with Crippen molar-refractivity contribution in [1.82, 2.24) is 15.1 Å². The van der Waals surface area contributed by atoms with Crippen molar-refractivity contribution in [1.29, 1.82) is 0 Å². The summed E-state index contributed by atoms with van der Waals surface area (Å²) in [4.78, 5) is 12.4. The molecule has 0 aliphatic heterocycles. The Morgan fingerprint density at radius 2 is 2.16 bits per heavy atom. The first-order chi connectivity index (χ1) is 8.73. The van der Waals surface area contributed by atoms with Crippen molar-refractivity contribution in [2.24, 2.45) is 12.5 Å². The van der Waals surface area contributed by atoms with Crippen LogP contribution in [0, 0.1) is 5.41 Å². The van der Waals surface area contributed by atoms with Gasteiger partial charge in [0, 0.05) is 24.6 Å². The summed E-state index contributed by atoms with van der Waals surface area (Å²) >= 11 is 3.62. The molecular weight excluding hydrogens is 306 g/mol. The summed E-state index contributed by atoms with van der Waals surface area (Å²) in [5.74, 6) is -0.0386. The van der Waals surface area contributed by atoms with Crippen molar-refractivity contribution in [2.75, 3.05) is 6.54 Å². The number of aromatic nitrogens is 2. The number of alkyl halides is 1. The monoisotopic (exact) mass is 329 g/mol. The molecule has 1 atom stereocenters. The predicted octanol–water partition coefficient (Wildman–Crippen LogP) is 2.91. The Labute approximate surface area is 124 Å². The molecule has 1 amide bonds. The van der Waals surface area contributed by atoms with Gasteiger partial charge in [0.2, 0.25) is 0 Å². The zero-order valence-electron chi connectivity index (χ0n) is 12.5. The van der Waals surface area contributed by atoms with Crippen molar-refractivity contribution in [3.05, 3.63) is 17.5 Å². The number of halogens is 1. The summed E-state index contributed by atoms with van der Waals surface area (Å²) in [6.45, 7) is 9.22. The molecule has 0 saturated heterocycles. The van der Waals surface area contributed by atoms with E-state index in [0.717, 1.165) is 18.5 Å². The number of carbonyl (C=O) groups excluding carboxylic acids is 1. The first kappa shape index (κ1) is 16.2. The van der Waals surface area contributed by atoms with Gasteiger partial charge in [0.1, 0.15) is 0 Å². The normalized spacial score (nSPS) is 13.4. The summed E-state index contributed by atoms with van der Waals surface area (Å²) in [5, 5.41) is 7.25. The lowest BCUT2D eigenvalue weighted by atomic mass is 9.90. The fourth-order valence-electron chi connectivity index (χ4n) is 2.02. The van der Waals surface area contributed by atoms with E-state index in [0.29, 0.717) is 12.1 Å². The van der Waals surface area contributed by atoms with Crippen LogP contribution >= 0.6 is 15.9 Å². The molecule has 0 radical (unpaired) electrons. The second-order valence-electron chi connectivity index (χ2n) is 6.09. The van der Waals surface area contributed by atoms with Gasteiger partial charge in [-0.1, -0.05) is 43.6 Å². The van der Waals surface area contributed by atoms with E-state index in [1.165, 1.54) is 0 Å². The van der Waals surface area contributed by atoms with Gasteiger partial charge in [-0.2, -0.15) is 5.10 Å². The molecule has 0 spiro atoms. The zero-order valence-corrected chi connectivity index (χ0v) is 14.0. The lowest BCUT2D eigenvalue weighted by Crippen LogP contribution is -2.31. The molecule has 1 rings (SSSR count). The Morgan fingerprint density at radius 3 is 2.68 bits per heavy atom. The van der Waals surface area contributed by atoms with Crippen LogP contribution in [0.1, 0.15) is 50.2 Å². The number of amides is 1. The average Bonchev–Trinajstić information content (AvgIpc) is 2.65. The minimum Gasteiger partial charge on any atom is -0.351 e. The van der Waals surface area contributed by atoms with E-state index in [1.807, 2.05) is 14.0 Å². The second kappa shape index (κ2) is 6.55. The molecule has 1 N–H and O–H groups in total. The van der Waals surface area contributed by atoms with Gasteiger partial charge in [-0.25, -0.2) is 0 Å². The number of nitrogens with zero attached hydrogens (tertiary/aromatic N) is 2. The predicted molar refractivity (Wildman–Crippen MR) is 81.7 cm³/mol. The third-order valence-corrected chi connectivity index (χ3v) is 3.45. The molecule has 19 heavy (non-hydrogen) atoms. The minimum atomic E-state index is -0.0386. The Bertz CT molecular complexity index is 434. The lowest BCUT2D eigenvalue weighted by molar-refractivity contribution is 0.0951. The summed E-state index contributed by atoms with van der Waals surface area (Å²) in [7, 11) is 1.84. The molecule has 4 nitrogen and oxygen atoms in total. The third-order valence-electron chi connectivity index (χ3n) is 2.80. The van der Waals surface area contributed by atoms with Crippen molar-refractivity contribution < 1.29 is 4.79 Å². The maximum absolute atomic E-state index is 12.1. The van der Waals surface area contributed by atoms with Gasteiger partial charge in [-0.05, 0) is 18.3 Å². The average molecular weight is 330 g/mol. The van der Waals surface area contributed by atoms with Crippen LogP contribution in [0.4, 0.5) is 0 Å². The molecule has 0 aromatic carbocycles. The summed E-state index contributed by atoms with van der Waals surface area (Å²) < 4.78 is 1.69. The maximum Gasteiger partial charge on any atom is 0.254 e. The van der Waals surface area contributed by atoms with Crippen molar-refractivity contribution in [3.8, 4) is 0 Å². The summed E-state index contributed by atoms with van der Waals surface area (Å²) in [6.07, 6.45) is 3.56. The van der Waals surface area contributed by atoms with Crippen LogP contribution in [0.5, 0.6) is 0 Å². The molecule has 0 bridgehead atoms.